The third kappa shape index (κ3) is 4.76. The van der Waals surface area contributed by atoms with Crippen molar-refractivity contribution in [2.75, 3.05) is 47.9 Å². The number of para-hydroxylation sites is 2. The Bertz CT molecular complexity index is 1140. The molecule has 0 spiro atoms. The van der Waals surface area contributed by atoms with Gasteiger partial charge in [0.2, 0.25) is 11.8 Å². The number of carbonyl (C=O) groups is 3. The lowest BCUT2D eigenvalue weighted by atomic mass is 9.95. The summed E-state index contributed by atoms with van der Waals surface area (Å²) in [5.74, 6) is 0.184. The van der Waals surface area contributed by atoms with Crippen molar-refractivity contribution in [3.05, 3.63) is 48.0 Å². The predicted molar refractivity (Wildman–Crippen MR) is 140 cm³/mol. The Hall–Kier alpha value is -3.55. The number of nitrogens with zero attached hydrogens (tertiary/aromatic N) is 3. The maximum atomic E-state index is 13.6. The lowest BCUT2D eigenvalue weighted by Gasteiger charge is -2.45. The molecule has 2 aromatic carbocycles. The molecule has 8 nitrogen and oxygen atoms in total. The normalized spacial score (nSPS) is 19.4. The molecule has 0 aliphatic carbocycles. The largest absolute Gasteiger partial charge is 0.492 e. The maximum absolute atomic E-state index is 13.6. The Morgan fingerprint density at radius 1 is 0.972 bits per heavy atom. The van der Waals surface area contributed by atoms with Gasteiger partial charge in [0.25, 0.3) is 5.91 Å². The summed E-state index contributed by atoms with van der Waals surface area (Å²) in [6.45, 7) is 4.56. The van der Waals surface area contributed by atoms with Crippen LogP contribution in [0, 0.1) is 0 Å². The van der Waals surface area contributed by atoms with Gasteiger partial charge in [-0.2, -0.15) is 0 Å². The second kappa shape index (κ2) is 10.6. The molecule has 2 fully saturated rings. The minimum atomic E-state index is -0.307. The molecule has 8 heteroatoms. The van der Waals surface area contributed by atoms with Crippen molar-refractivity contribution in [1.82, 2.24) is 4.90 Å². The van der Waals surface area contributed by atoms with Crippen molar-refractivity contribution >= 4 is 34.8 Å². The third-order valence-corrected chi connectivity index (χ3v) is 7.28. The number of ether oxygens (including phenoxy) is 1. The second-order valence-corrected chi connectivity index (χ2v) is 9.66. The van der Waals surface area contributed by atoms with E-state index in [1.54, 1.807) is 23.1 Å². The van der Waals surface area contributed by atoms with Crippen molar-refractivity contribution in [2.45, 2.75) is 51.5 Å². The first-order valence-corrected chi connectivity index (χ1v) is 13.1. The molecule has 36 heavy (non-hydrogen) atoms. The molecular weight excluding hydrogens is 456 g/mol. The highest BCUT2D eigenvalue weighted by atomic mass is 16.5. The summed E-state index contributed by atoms with van der Waals surface area (Å²) in [4.78, 5) is 45.7. The molecule has 190 valence electrons. The van der Waals surface area contributed by atoms with Gasteiger partial charge < -0.3 is 19.9 Å². The van der Waals surface area contributed by atoms with E-state index in [0.717, 1.165) is 63.8 Å². The molecule has 3 heterocycles. The number of anilines is 3. The van der Waals surface area contributed by atoms with Crippen LogP contribution in [0.3, 0.4) is 0 Å². The number of carbonyl (C=O) groups excluding carboxylic acids is 3. The van der Waals surface area contributed by atoms with Crippen LogP contribution in [-0.2, 0) is 9.59 Å². The Morgan fingerprint density at radius 2 is 1.75 bits per heavy atom. The van der Waals surface area contributed by atoms with Crippen LogP contribution in [0.1, 0.15) is 55.8 Å². The highest BCUT2D eigenvalue weighted by Gasteiger charge is 2.40. The fraction of sp³-hybridized carbons (Fsp3) is 0.464. The summed E-state index contributed by atoms with van der Waals surface area (Å²) in [5.41, 5.74) is 2.68. The van der Waals surface area contributed by atoms with Crippen molar-refractivity contribution in [3.63, 3.8) is 0 Å². The summed E-state index contributed by atoms with van der Waals surface area (Å²) in [5, 5.41) is 2.91. The molecule has 1 N–H and O–H groups in total. The maximum Gasteiger partial charge on any atom is 0.253 e. The topological polar surface area (TPSA) is 82.2 Å². The van der Waals surface area contributed by atoms with Crippen LogP contribution < -0.4 is 19.9 Å². The van der Waals surface area contributed by atoms with E-state index >= 15 is 0 Å². The molecule has 0 unspecified atom stereocenters. The van der Waals surface area contributed by atoms with Gasteiger partial charge in [0.1, 0.15) is 18.3 Å². The van der Waals surface area contributed by atoms with E-state index < -0.39 is 0 Å². The van der Waals surface area contributed by atoms with Crippen molar-refractivity contribution in [2.24, 2.45) is 0 Å². The lowest BCUT2D eigenvalue weighted by Crippen LogP contribution is -2.56. The average molecular weight is 491 g/mol. The van der Waals surface area contributed by atoms with E-state index in [0.29, 0.717) is 29.3 Å². The molecule has 1 atom stereocenters. The molecule has 3 aliphatic rings. The molecule has 3 amide bonds. The number of piperidine rings is 2. The van der Waals surface area contributed by atoms with Gasteiger partial charge in [0.05, 0.1) is 23.7 Å². The first-order valence-electron chi connectivity index (χ1n) is 13.1. The molecule has 5 rings (SSSR count). The number of fused-ring (bicyclic) bond motifs is 3. The van der Waals surface area contributed by atoms with Gasteiger partial charge in [-0.15, -0.1) is 0 Å². The van der Waals surface area contributed by atoms with Gasteiger partial charge in [-0.25, -0.2) is 0 Å². The van der Waals surface area contributed by atoms with Crippen LogP contribution in [0.25, 0.3) is 0 Å². The Labute approximate surface area is 212 Å². The molecule has 3 aliphatic heterocycles. The van der Waals surface area contributed by atoms with Gasteiger partial charge in [0.15, 0.2) is 0 Å². The van der Waals surface area contributed by atoms with Gasteiger partial charge in [-0.3, -0.25) is 19.3 Å². The van der Waals surface area contributed by atoms with E-state index in [-0.39, 0.29) is 30.3 Å². The average Bonchev–Trinajstić information content (AvgIpc) is 2.92. The van der Waals surface area contributed by atoms with Gasteiger partial charge in [-0.05, 0) is 75.8 Å². The van der Waals surface area contributed by atoms with Gasteiger partial charge >= 0.3 is 0 Å². The standard InChI is InChI=1S/C28H34N4O4/c1-2-36-25-12-5-4-10-21(25)29-26(33)19-32-24-18-20(27(34)30-15-7-3-8-16-30)13-14-22(24)31-17-9-6-11-23(31)28(32)35/h4-5,10,12-14,18,23H,2-3,6-9,11,15-17,19H2,1H3,(H,29,33)/t23-/m0/s1. The first-order chi connectivity index (χ1) is 17.6. The number of rotatable bonds is 6. The smallest absolute Gasteiger partial charge is 0.253 e. The zero-order chi connectivity index (χ0) is 25.1. The highest BCUT2D eigenvalue weighted by molar-refractivity contribution is 6.11. The second-order valence-electron chi connectivity index (χ2n) is 9.66. The molecule has 0 radical (unpaired) electrons. The Morgan fingerprint density at radius 3 is 2.56 bits per heavy atom. The highest BCUT2D eigenvalue weighted by Crippen LogP contribution is 2.40. The van der Waals surface area contributed by atoms with Crippen LogP contribution in [0.5, 0.6) is 5.75 Å². The minimum absolute atomic E-state index is 0.0132. The molecule has 0 saturated carbocycles. The van der Waals surface area contributed by atoms with Crippen LogP contribution in [0.15, 0.2) is 42.5 Å². The number of likely N-dealkylation sites (tertiary alicyclic amines) is 1. The van der Waals surface area contributed by atoms with E-state index in [9.17, 15) is 14.4 Å². The lowest BCUT2D eigenvalue weighted by molar-refractivity contribution is -0.123. The van der Waals surface area contributed by atoms with Crippen LogP contribution in [0.4, 0.5) is 17.1 Å². The quantitative estimate of drug-likeness (QED) is 0.661. The zero-order valence-corrected chi connectivity index (χ0v) is 20.9. The fourth-order valence-electron chi connectivity index (χ4n) is 5.52. The van der Waals surface area contributed by atoms with Crippen molar-refractivity contribution < 1.29 is 19.1 Å². The summed E-state index contributed by atoms with van der Waals surface area (Å²) >= 11 is 0. The third-order valence-electron chi connectivity index (χ3n) is 7.28. The van der Waals surface area contributed by atoms with Gasteiger partial charge in [-0.1, -0.05) is 12.1 Å². The van der Waals surface area contributed by atoms with E-state index in [2.05, 4.69) is 10.2 Å². The fourth-order valence-corrected chi connectivity index (χ4v) is 5.52. The molecule has 0 aromatic heterocycles. The zero-order valence-electron chi connectivity index (χ0n) is 20.9. The summed E-state index contributed by atoms with van der Waals surface area (Å²) < 4.78 is 5.63. The predicted octanol–water partition coefficient (Wildman–Crippen LogP) is 4.06. The van der Waals surface area contributed by atoms with E-state index in [4.69, 9.17) is 4.74 Å². The molecular formula is C28H34N4O4. The van der Waals surface area contributed by atoms with E-state index in [1.807, 2.05) is 36.1 Å². The number of nitrogens with one attached hydrogen (secondary N) is 1. The number of hydrogen-bond acceptors (Lipinski definition) is 5. The summed E-state index contributed by atoms with van der Waals surface area (Å²) in [6.07, 6.45) is 5.94. The SMILES string of the molecule is CCOc1ccccc1NC(=O)CN1C(=O)[C@@H]2CCCCN2c2ccc(C(=O)N3CCCCC3)cc21. The monoisotopic (exact) mass is 490 g/mol. The molecule has 2 saturated heterocycles. The van der Waals surface area contributed by atoms with Crippen LogP contribution >= 0.6 is 0 Å². The van der Waals surface area contributed by atoms with E-state index in [1.165, 1.54) is 0 Å². The van der Waals surface area contributed by atoms with Gasteiger partial charge in [0, 0.05) is 25.2 Å². The minimum Gasteiger partial charge on any atom is -0.492 e. The summed E-state index contributed by atoms with van der Waals surface area (Å²) in [7, 11) is 0. The Balaban J connectivity index is 1.44. The van der Waals surface area contributed by atoms with Crippen molar-refractivity contribution in [3.8, 4) is 5.75 Å². The molecule has 0 bridgehead atoms. The van der Waals surface area contributed by atoms with Crippen molar-refractivity contribution in [1.29, 1.82) is 0 Å². The summed E-state index contributed by atoms with van der Waals surface area (Å²) in [6, 6.07) is 12.6. The number of benzene rings is 2. The first kappa shape index (κ1) is 24.2. The number of amides is 3. The molecule has 2 aromatic rings. The number of hydrogen-bond donors (Lipinski definition) is 1. The Kier molecular flexibility index (Phi) is 7.11. The van der Waals surface area contributed by atoms with Crippen LogP contribution in [0.2, 0.25) is 0 Å². The van der Waals surface area contributed by atoms with Crippen LogP contribution in [-0.4, -0.2) is 61.4 Å².